The molecule has 0 saturated heterocycles. The third-order valence-electron chi connectivity index (χ3n) is 2.58. The molecule has 0 heterocycles. The number of carbonyl (C=O) groups is 1. The lowest BCUT2D eigenvalue weighted by Crippen LogP contribution is -2.37. The Labute approximate surface area is 109 Å². The molecule has 0 radical (unpaired) electrons. The van der Waals surface area contributed by atoms with Crippen LogP contribution < -0.4 is 0 Å². The number of nitrogens with zero attached hydrogens (tertiary/aromatic N) is 2. The predicted molar refractivity (Wildman–Crippen MR) is 62.7 cm³/mol. The van der Waals surface area contributed by atoms with Gasteiger partial charge >= 0.3 is 0 Å². The van der Waals surface area contributed by atoms with Crippen molar-refractivity contribution in [3.8, 4) is 6.07 Å². The number of halogens is 3. The first kappa shape index (κ1) is 15.0. The SMILES string of the molecule is CC(C)N(CCC#N)C(=O)c1cc(F)c(F)c(F)c1. The topological polar surface area (TPSA) is 44.1 Å². The Kier molecular flexibility index (Phi) is 4.93. The van der Waals surface area contributed by atoms with Gasteiger partial charge in [-0.05, 0) is 26.0 Å². The van der Waals surface area contributed by atoms with Crippen LogP contribution in [0.15, 0.2) is 12.1 Å². The van der Waals surface area contributed by atoms with Gasteiger partial charge < -0.3 is 4.90 Å². The van der Waals surface area contributed by atoms with E-state index in [1.165, 1.54) is 4.90 Å². The van der Waals surface area contributed by atoms with Gasteiger partial charge in [0.2, 0.25) is 0 Å². The Balaban J connectivity index is 3.07. The van der Waals surface area contributed by atoms with Gasteiger partial charge in [0.1, 0.15) is 0 Å². The lowest BCUT2D eigenvalue weighted by atomic mass is 10.1. The van der Waals surface area contributed by atoms with E-state index >= 15 is 0 Å². The lowest BCUT2D eigenvalue weighted by molar-refractivity contribution is 0.0709. The molecule has 1 amide bonds. The molecule has 0 aliphatic carbocycles. The first-order chi connectivity index (χ1) is 8.88. The number of hydrogen-bond acceptors (Lipinski definition) is 2. The van der Waals surface area contributed by atoms with Crippen LogP contribution >= 0.6 is 0 Å². The first-order valence-electron chi connectivity index (χ1n) is 5.71. The Morgan fingerprint density at radius 3 is 2.26 bits per heavy atom. The van der Waals surface area contributed by atoms with Crippen molar-refractivity contribution in [3.63, 3.8) is 0 Å². The molecule has 0 aliphatic rings. The normalized spacial score (nSPS) is 10.4. The molecule has 19 heavy (non-hydrogen) atoms. The van der Waals surface area contributed by atoms with Crippen molar-refractivity contribution in [1.82, 2.24) is 4.90 Å². The molecule has 3 nitrogen and oxygen atoms in total. The maximum absolute atomic E-state index is 13.1. The van der Waals surface area contributed by atoms with Crippen molar-refractivity contribution < 1.29 is 18.0 Å². The van der Waals surface area contributed by atoms with E-state index in [1.807, 2.05) is 6.07 Å². The number of benzene rings is 1. The molecule has 6 heteroatoms. The summed E-state index contributed by atoms with van der Waals surface area (Å²) in [5.74, 6) is -5.06. The molecule has 0 N–H and O–H groups in total. The fraction of sp³-hybridized carbons (Fsp3) is 0.385. The van der Waals surface area contributed by atoms with E-state index in [-0.39, 0.29) is 24.6 Å². The molecule has 0 saturated carbocycles. The smallest absolute Gasteiger partial charge is 0.254 e. The number of carbonyl (C=O) groups excluding carboxylic acids is 1. The van der Waals surface area contributed by atoms with E-state index in [1.54, 1.807) is 13.8 Å². The summed E-state index contributed by atoms with van der Waals surface area (Å²) in [6, 6.07) is 2.96. The predicted octanol–water partition coefficient (Wildman–Crippen LogP) is 2.87. The minimum absolute atomic E-state index is 0.107. The van der Waals surface area contributed by atoms with E-state index in [0.717, 1.165) is 0 Å². The zero-order chi connectivity index (χ0) is 14.6. The summed E-state index contributed by atoms with van der Waals surface area (Å²) in [5.41, 5.74) is -0.275. The summed E-state index contributed by atoms with van der Waals surface area (Å²) in [6.45, 7) is 3.57. The van der Waals surface area contributed by atoms with E-state index in [9.17, 15) is 18.0 Å². The third kappa shape index (κ3) is 3.47. The average molecular weight is 270 g/mol. The maximum atomic E-state index is 13.1. The molecule has 0 aromatic heterocycles. The van der Waals surface area contributed by atoms with E-state index in [2.05, 4.69) is 0 Å². The van der Waals surface area contributed by atoms with Gasteiger partial charge in [0, 0.05) is 18.2 Å². The van der Waals surface area contributed by atoms with Crippen LogP contribution in [0.2, 0.25) is 0 Å². The van der Waals surface area contributed by atoms with Crippen molar-refractivity contribution in [2.45, 2.75) is 26.3 Å². The fourth-order valence-corrected chi connectivity index (χ4v) is 1.61. The molecular weight excluding hydrogens is 257 g/mol. The lowest BCUT2D eigenvalue weighted by Gasteiger charge is -2.26. The monoisotopic (exact) mass is 270 g/mol. The summed E-state index contributed by atoms with van der Waals surface area (Å²) in [4.78, 5) is 13.4. The minimum Gasteiger partial charge on any atom is -0.335 e. The highest BCUT2D eigenvalue weighted by molar-refractivity contribution is 5.94. The van der Waals surface area contributed by atoms with Crippen LogP contribution in [0.4, 0.5) is 13.2 Å². The summed E-state index contributed by atoms with van der Waals surface area (Å²) >= 11 is 0. The van der Waals surface area contributed by atoms with Gasteiger partial charge in [-0.15, -0.1) is 0 Å². The van der Waals surface area contributed by atoms with Crippen LogP contribution in [0.3, 0.4) is 0 Å². The molecule has 0 aliphatic heterocycles. The van der Waals surface area contributed by atoms with Crippen molar-refractivity contribution in [1.29, 1.82) is 5.26 Å². The van der Waals surface area contributed by atoms with Gasteiger partial charge in [-0.2, -0.15) is 5.26 Å². The van der Waals surface area contributed by atoms with Gasteiger partial charge in [-0.1, -0.05) is 0 Å². The van der Waals surface area contributed by atoms with E-state index in [4.69, 9.17) is 5.26 Å². The van der Waals surface area contributed by atoms with E-state index < -0.39 is 23.4 Å². The zero-order valence-corrected chi connectivity index (χ0v) is 10.6. The average Bonchev–Trinajstić information content (AvgIpc) is 2.35. The molecule has 0 unspecified atom stereocenters. The Hall–Kier alpha value is -2.03. The summed E-state index contributed by atoms with van der Waals surface area (Å²) < 4.78 is 39.0. The van der Waals surface area contributed by atoms with Gasteiger partial charge in [0.05, 0.1) is 12.5 Å². The van der Waals surface area contributed by atoms with Crippen LogP contribution in [-0.2, 0) is 0 Å². The number of hydrogen-bond donors (Lipinski definition) is 0. The highest BCUT2D eigenvalue weighted by Crippen LogP contribution is 2.16. The van der Waals surface area contributed by atoms with Crippen LogP contribution in [0, 0.1) is 28.8 Å². The fourth-order valence-electron chi connectivity index (χ4n) is 1.61. The number of rotatable bonds is 4. The maximum Gasteiger partial charge on any atom is 0.254 e. The molecule has 0 bridgehead atoms. The third-order valence-corrected chi connectivity index (χ3v) is 2.58. The van der Waals surface area contributed by atoms with E-state index in [0.29, 0.717) is 12.1 Å². The highest BCUT2D eigenvalue weighted by atomic mass is 19.2. The second-order valence-electron chi connectivity index (χ2n) is 4.25. The van der Waals surface area contributed by atoms with Crippen LogP contribution in [0.1, 0.15) is 30.6 Å². The molecule has 0 atom stereocenters. The Morgan fingerprint density at radius 1 is 1.32 bits per heavy atom. The van der Waals surface area contributed by atoms with Gasteiger partial charge in [-0.3, -0.25) is 4.79 Å². The Morgan fingerprint density at radius 2 is 1.84 bits per heavy atom. The minimum atomic E-state index is -1.61. The van der Waals surface area contributed by atoms with Crippen molar-refractivity contribution >= 4 is 5.91 Å². The van der Waals surface area contributed by atoms with Gasteiger partial charge in [0.15, 0.2) is 17.5 Å². The molecular formula is C13H13F3N2O. The van der Waals surface area contributed by atoms with Gasteiger partial charge in [-0.25, -0.2) is 13.2 Å². The first-order valence-corrected chi connectivity index (χ1v) is 5.71. The molecule has 102 valence electrons. The Bertz CT molecular complexity index is 500. The van der Waals surface area contributed by atoms with Crippen LogP contribution in [0.25, 0.3) is 0 Å². The number of nitriles is 1. The number of amides is 1. The standard InChI is InChI=1S/C13H13F3N2O/c1-8(2)18(5-3-4-17)13(19)9-6-10(14)12(16)11(15)7-9/h6-8H,3,5H2,1-2H3. The second kappa shape index (κ2) is 6.23. The largest absolute Gasteiger partial charge is 0.335 e. The van der Waals surface area contributed by atoms with Crippen molar-refractivity contribution in [2.24, 2.45) is 0 Å². The summed E-state index contributed by atoms with van der Waals surface area (Å²) in [6.07, 6.45) is 0.107. The summed E-state index contributed by atoms with van der Waals surface area (Å²) in [7, 11) is 0. The van der Waals surface area contributed by atoms with Crippen molar-refractivity contribution in [2.75, 3.05) is 6.54 Å². The van der Waals surface area contributed by atoms with Crippen molar-refractivity contribution in [3.05, 3.63) is 35.1 Å². The molecule has 1 aromatic rings. The van der Waals surface area contributed by atoms with Crippen LogP contribution in [0.5, 0.6) is 0 Å². The quantitative estimate of drug-likeness (QED) is 0.790. The molecule has 1 aromatic carbocycles. The highest BCUT2D eigenvalue weighted by Gasteiger charge is 2.21. The summed E-state index contributed by atoms with van der Waals surface area (Å²) in [5, 5.41) is 8.52. The second-order valence-corrected chi connectivity index (χ2v) is 4.25. The van der Waals surface area contributed by atoms with Crippen LogP contribution in [-0.4, -0.2) is 23.4 Å². The molecule has 0 fully saturated rings. The van der Waals surface area contributed by atoms with Gasteiger partial charge in [0.25, 0.3) is 5.91 Å². The molecule has 0 spiro atoms. The molecule has 1 rings (SSSR count). The zero-order valence-electron chi connectivity index (χ0n) is 10.6.